The number of nitrogens with one attached hydrogen (secondary N) is 1. The summed E-state index contributed by atoms with van der Waals surface area (Å²) in [5.74, 6) is -1.85. The minimum Gasteiger partial charge on any atom is -0.481 e. The number of methoxy groups -OCH3 is 1. The molecule has 7 heteroatoms. The van der Waals surface area contributed by atoms with Crippen molar-refractivity contribution in [2.45, 2.75) is 37.6 Å². The van der Waals surface area contributed by atoms with E-state index in [0.29, 0.717) is 38.8 Å². The van der Waals surface area contributed by atoms with Crippen molar-refractivity contribution in [2.75, 3.05) is 20.2 Å². The fourth-order valence-corrected chi connectivity index (χ4v) is 4.15. The van der Waals surface area contributed by atoms with Crippen LogP contribution in [0.15, 0.2) is 30.3 Å². The molecule has 1 aliphatic carbocycles. The van der Waals surface area contributed by atoms with Crippen molar-refractivity contribution in [2.24, 2.45) is 11.8 Å². The van der Waals surface area contributed by atoms with E-state index in [1.807, 2.05) is 30.3 Å². The molecule has 0 spiro atoms. The molecule has 0 unspecified atom stereocenters. The molecule has 1 saturated carbocycles. The van der Waals surface area contributed by atoms with Gasteiger partial charge in [0, 0.05) is 25.0 Å². The summed E-state index contributed by atoms with van der Waals surface area (Å²) in [5, 5.41) is 12.1. The van der Waals surface area contributed by atoms with E-state index in [0.717, 1.165) is 5.56 Å². The SMILES string of the molecule is COC(=O)[C@@H]1CN(C(=O)NC2CCC(C(=O)O)CC2)C[C@@H]1c1ccccc1. The van der Waals surface area contributed by atoms with E-state index in [4.69, 9.17) is 9.84 Å². The Morgan fingerprint density at radius 1 is 1.07 bits per heavy atom. The number of esters is 1. The third kappa shape index (κ3) is 4.40. The highest BCUT2D eigenvalue weighted by Gasteiger charge is 2.41. The molecule has 1 saturated heterocycles. The summed E-state index contributed by atoms with van der Waals surface area (Å²) < 4.78 is 4.95. The van der Waals surface area contributed by atoms with Gasteiger partial charge in [0.2, 0.25) is 0 Å². The van der Waals surface area contributed by atoms with Crippen LogP contribution in [-0.2, 0) is 14.3 Å². The van der Waals surface area contributed by atoms with Crippen molar-refractivity contribution in [1.82, 2.24) is 10.2 Å². The number of likely N-dealkylation sites (tertiary alicyclic amines) is 1. The van der Waals surface area contributed by atoms with Crippen LogP contribution in [0.25, 0.3) is 0 Å². The topological polar surface area (TPSA) is 95.9 Å². The molecule has 2 atom stereocenters. The van der Waals surface area contributed by atoms with Crippen LogP contribution in [0.3, 0.4) is 0 Å². The molecule has 1 aliphatic heterocycles. The van der Waals surface area contributed by atoms with E-state index in [-0.39, 0.29) is 35.8 Å². The number of ether oxygens (including phenoxy) is 1. The summed E-state index contributed by atoms with van der Waals surface area (Å²) in [7, 11) is 1.37. The lowest BCUT2D eigenvalue weighted by Crippen LogP contribution is -2.45. The van der Waals surface area contributed by atoms with Crippen LogP contribution >= 0.6 is 0 Å². The van der Waals surface area contributed by atoms with Gasteiger partial charge in [0.25, 0.3) is 0 Å². The monoisotopic (exact) mass is 374 g/mol. The maximum atomic E-state index is 12.7. The van der Waals surface area contributed by atoms with Crippen LogP contribution in [0.4, 0.5) is 4.79 Å². The second-order valence-corrected chi connectivity index (χ2v) is 7.39. The average molecular weight is 374 g/mol. The number of carbonyl (C=O) groups excluding carboxylic acids is 2. The Bertz CT molecular complexity index is 685. The maximum absolute atomic E-state index is 12.7. The van der Waals surface area contributed by atoms with E-state index in [1.165, 1.54) is 7.11 Å². The van der Waals surface area contributed by atoms with Crippen molar-refractivity contribution < 1.29 is 24.2 Å². The van der Waals surface area contributed by atoms with Crippen LogP contribution < -0.4 is 5.32 Å². The van der Waals surface area contributed by atoms with Gasteiger partial charge in [-0.1, -0.05) is 30.3 Å². The number of nitrogens with zero attached hydrogens (tertiary/aromatic N) is 1. The molecular formula is C20H26N2O5. The number of urea groups is 1. The first-order valence-corrected chi connectivity index (χ1v) is 9.40. The van der Waals surface area contributed by atoms with Crippen LogP contribution in [0.1, 0.15) is 37.2 Å². The van der Waals surface area contributed by atoms with Crippen molar-refractivity contribution in [3.8, 4) is 0 Å². The molecule has 0 bridgehead atoms. The first kappa shape index (κ1) is 19.2. The normalized spacial score (nSPS) is 27.8. The zero-order valence-electron chi connectivity index (χ0n) is 15.5. The van der Waals surface area contributed by atoms with Gasteiger partial charge in [-0.05, 0) is 31.2 Å². The van der Waals surface area contributed by atoms with Crippen LogP contribution in [0.2, 0.25) is 0 Å². The van der Waals surface area contributed by atoms with Gasteiger partial charge in [0.15, 0.2) is 0 Å². The average Bonchev–Trinajstić information content (AvgIpc) is 3.14. The minimum absolute atomic E-state index is 0.0135. The van der Waals surface area contributed by atoms with Gasteiger partial charge in [0.1, 0.15) is 0 Å². The molecule has 146 valence electrons. The fourth-order valence-electron chi connectivity index (χ4n) is 4.15. The molecule has 1 aromatic carbocycles. The van der Waals surface area contributed by atoms with E-state index < -0.39 is 5.97 Å². The van der Waals surface area contributed by atoms with Gasteiger partial charge in [-0.3, -0.25) is 9.59 Å². The number of rotatable bonds is 4. The Kier molecular flexibility index (Phi) is 5.98. The molecule has 2 N–H and O–H groups in total. The number of hydrogen-bond donors (Lipinski definition) is 2. The highest BCUT2D eigenvalue weighted by atomic mass is 16.5. The Labute approximate surface area is 158 Å². The smallest absolute Gasteiger partial charge is 0.317 e. The molecule has 1 heterocycles. The largest absolute Gasteiger partial charge is 0.481 e. The zero-order chi connectivity index (χ0) is 19.4. The maximum Gasteiger partial charge on any atom is 0.317 e. The second-order valence-electron chi connectivity index (χ2n) is 7.39. The fraction of sp³-hybridized carbons (Fsp3) is 0.550. The summed E-state index contributed by atoms with van der Waals surface area (Å²) in [5.41, 5.74) is 1.02. The Balaban J connectivity index is 1.62. The van der Waals surface area contributed by atoms with Crippen molar-refractivity contribution >= 4 is 18.0 Å². The molecule has 2 aliphatic rings. The molecule has 0 radical (unpaired) electrons. The molecule has 0 aromatic heterocycles. The van der Waals surface area contributed by atoms with E-state index in [1.54, 1.807) is 4.90 Å². The highest BCUT2D eigenvalue weighted by molar-refractivity contribution is 5.79. The lowest BCUT2D eigenvalue weighted by molar-refractivity contribution is -0.145. The summed E-state index contributed by atoms with van der Waals surface area (Å²) in [4.78, 5) is 37.6. The molecule has 7 nitrogen and oxygen atoms in total. The summed E-state index contributed by atoms with van der Waals surface area (Å²) in [6.45, 7) is 0.780. The van der Waals surface area contributed by atoms with Gasteiger partial charge in [0.05, 0.1) is 18.9 Å². The first-order valence-electron chi connectivity index (χ1n) is 9.40. The van der Waals surface area contributed by atoms with E-state index >= 15 is 0 Å². The standard InChI is InChI=1S/C20H26N2O5/c1-27-19(25)17-12-22(11-16(17)13-5-3-2-4-6-13)20(26)21-15-9-7-14(8-10-15)18(23)24/h2-6,14-17H,7-12H2,1H3,(H,21,26)(H,23,24)/t14?,15?,16-,17-/m1/s1. The van der Waals surface area contributed by atoms with Gasteiger partial charge in [-0.15, -0.1) is 0 Å². The number of aliphatic carboxylic acids is 1. The van der Waals surface area contributed by atoms with Crippen molar-refractivity contribution in [3.05, 3.63) is 35.9 Å². The van der Waals surface area contributed by atoms with Gasteiger partial charge >= 0.3 is 18.0 Å². The quantitative estimate of drug-likeness (QED) is 0.788. The summed E-state index contributed by atoms with van der Waals surface area (Å²) >= 11 is 0. The Morgan fingerprint density at radius 3 is 2.33 bits per heavy atom. The summed E-state index contributed by atoms with van der Waals surface area (Å²) in [6.07, 6.45) is 2.49. The molecule has 3 rings (SSSR count). The van der Waals surface area contributed by atoms with Gasteiger partial charge in [-0.2, -0.15) is 0 Å². The highest BCUT2D eigenvalue weighted by Crippen LogP contribution is 2.34. The molecule has 2 fully saturated rings. The number of amides is 2. The number of carboxylic acid groups (broad SMARTS) is 1. The number of benzene rings is 1. The number of carbonyl (C=O) groups is 3. The number of carboxylic acids is 1. The van der Waals surface area contributed by atoms with E-state index in [9.17, 15) is 14.4 Å². The van der Waals surface area contributed by atoms with Crippen LogP contribution in [0.5, 0.6) is 0 Å². The van der Waals surface area contributed by atoms with E-state index in [2.05, 4.69) is 5.32 Å². The Morgan fingerprint density at radius 2 is 1.74 bits per heavy atom. The zero-order valence-corrected chi connectivity index (χ0v) is 15.5. The molecule has 27 heavy (non-hydrogen) atoms. The van der Waals surface area contributed by atoms with Crippen LogP contribution in [-0.4, -0.2) is 54.2 Å². The molecule has 1 aromatic rings. The molecule has 2 amide bonds. The molecular weight excluding hydrogens is 348 g/mol. The lowest BCUT2D eigenvalue weighted by atomic mass is 9.86. The van der Waals surface area contributed by atoms with Crippen molar-refractivity contribution in [3.63, 3.8) is 0 Å². The predicted octanol–water partition coefficient (Wildman–Crippen LogP) is 2.23. The van der Waals surface area contributed by atoms with Crippen LogP contribution in [0, 0.1) is 11.8 Å². The van der Waals surface area contributed by atoms with Crippen molar-refractivity contribution in [1.29, 1.82) is 0 Å². The summed E-state index contributed by atoms with van der Waals surface area (Å²) in [6, 6.07) is 9.50. The third-order valence-electron chi connectivity index (χ3n) is 5.74. The van der Waals surface area contributed by atoms with Gasteiger partial charge in [-0.25, -0.2) is 4.79 Å². The Hall–Kier alpha value is -2.57. The first-order chi connectivity index (χ1) is 13.0. The predicted molar refractivity (Wildman–Crippen MR) is 98.2 cm³/mol. The lowest BCUT2D eigenvalue weighted by Gasteiger charge is -2.28. The second kappa shape index (κ2) is 8.41. The number of hydrogen-bond acceptors (Lipinski definition) is 4. The third-order valence-corrected chi connectivity index (χ3v) is 5.74. The van der Waals surface area contributed by atoms with Gasteiger partial charge < -0.3 is 20.1 Å². The minimum atomic E-state index is -0.758.